The molecule has 0 heterocycles. The van der Waals surface area contributed by atoms with Crippen LogP contribution in [-0.2, 0) is 5.41 Å². The molecular weight excluding hydrogens is 274 g/mol. The maximum Gasteiger partial charge on any atom is 0.00830 e. The molecule has 0 saturated carbocycles. The summed E-state index contributed by atoms with van der Waals surface area (Å²) in [5.41, 5.74) is 1.69. The zero-order valence-corrected chi connectivity index (χ0v) is 13.8. The van der Waals surface area contributed by atoms with E-state index in [0.29, 0.717) is 0 Å². The first-order valence-corrected chi connectivity index (χ1v) is 8.67. The van der Waals surface area contributed by atoms with Gasteiger partial charge in [0, 0.05) is 16.9 Å². The van der Waals surface area contributed by atoms with E-state index in [1.54, 1.807) is 0 Å². The molecule has 2 heteroatoms. The summed E-state index contributed by atoms with van der Waals surface area (Å²) in [4.78, 5) is 1.36. The Labute approximate surface area is 133 Å². The molecule has 0 fully saturated rings. The third-order valence-electron chi connectivity index (χ3n) is 4.17. The summed E-state index contributed by atoms with van der Waals surface area (Å²) in [7, 11) is 2.05. The summed E-state index contributed by atoms with van der Waals surface area (Å²) < 4.78 is 0. The second-order valence-electron chi connectivity index (χ2n) is 5.44. The van der Waals surface area contributed by atoms with E-state index >= 15 is 0 Å². The highest BCUT2D eigenvalue weighted by Gasteiger charge is 2.29. The maximum atomic E-state index is 3.40. The molecule has 0 spiro atoms. The van der Waals surface area contributed by atoms with Crippen molar-refractivity contribution in [3.05, 3.63) is 66.2 Å². The number of hydrogen-bond donors (Lipinski definition) is 1. The predicted molar refractivity (Wildman–Crippen MR) is 94.1 cm³/mol. The van der Waals surface area contributed by atoms with Crippen LogP contribution in [0.1, 0.15) is 25.3 Å². The van der Waals surface area contributed by atoms with Gasteiger partial charge in [-0.05, 0) is 43.3 Å². The van der Waals surface area contributed by atoms with Gasteiger partial charge < -0.3 is 5.32 Å². The minimum Gasteiger partial charge on any atom is -0.319 e. The largest absolute Gasteiger partial charge is 0.319 e. The van der Waals surface area contributed by atoms with E-state index in [2.05, 4.69) is 80.0 Å². The van der Waals surface area contributed by atoms with Crippen LogP contribution in [0, 0.1) is 0 Å². The first-order chi connectivity index (χ1) is 10.3. The molecule has 0 aliphatic carbocycles. The maximum absolute atomic E-state index is 3.40. The Morgan fingerprint density at radius 2 is 1.57 bits per heavy atom. The van der Waals surface area contributed by atoms with Crippen LogP contribution in [0.15, 0.2) is 65.6 Å². The van der Waals surface area contributed by atoms with Crippen molar-refractivity contribution in [1.82, 2.24) is 5.32 Å². The summed E-state index contributed by atoms with van der Waals surface area (Å²) >= 11 is 1.96. The Balaban J connectivity index is 2.06. The summed E-state index contributed by atoms with van der Waals surface area (Å²) in [6.07, 6.45) is 2.35. The van der Waals surface area contributed by atoms with E-state index in [0.717, 1.165) is 18.7 Å². The third kappa shape index (κ3) is 4.36. The lowest BCUT2D eigenvalue weighted by atomic mass is 9.76. The van der Waals surface area contributed by atoms with Gasteiger partial charge in [-0.1, -0.05) is 55.5 Å². The second kappa shape index (κ2) is 8.26. The summed E-state index contributed by atoms with van der Waals surface area (Å²) in [6.45, 7) is 3.33. The molecule has 2 rings (SSSR count). The quantitative estimate of drug-likeness (QED) is 0.707. The fraction of sp³-hybridized carbons (Fsp3) is 0.368. The molecule has 0 amide bonds. The van der Waals surface area contributed by atoms with Crippen LogP contribution in [0.3, 0.4) is 0 Å². The standard InChI is InChI=1S/C19H25NS/c1-3-19(16-20-2,17-10-6-4-7-11-17)14-15-21-18-12-8-5-9-13-18/h4-13,20H,3,14-16H2,1-2H3. The molecule has 2 aromatic rings. The fourth-order valence-electron chi connectivity index (χ4n) is 2.85. The van der Waals surface area contributed by atoms with Crippen molar-refractivity contribution in [3.63, 3.8) is 0 Å². The average molecular weight is 299 g/mol. The zero-order valence-electron chi connectivity index (χ0n) is 13.0. The van der Waals surface area contributed by atoms with E-state index in [1.165, 1.54) is 16.9 Å². The van der Waals surface area contributed by atoms with E-state index in [9.17, 15) is 0 Å². The van der Waals surface area contributed by atoms with E-state index < -0.39 is 0 Å². The van der Waals surface area contributed by atoms with Crippen molar-refractivity contribution >= 4 is 11.8 Å². The van der Waals surface area contributed by atoms with Crippen LogP contribution in [0.25, 0.3) is 0 Å². The smallest absolute Gasteiger partial charge is 0.00830 e. The molecule has 21 heavy (non-hydrogen) atoms. The van der Waals surface area contributed by atoms with Crippen molar-refractivity contribution in [2.45, 2.75) is 30.1 Å². The predicted octanol–water partition coefficient (Wildman–Crippen LogP) is 4.74. The molecular formula is C19H25NS. The first kappa shape index (κ1) is 16.1. The van der Waals surface area contributed by atoms with Crippen LogP contribution < -0.4 is 5.32 Å². The Kier molecular flexibility index (Phi) is 6.34. The van der Waals surface area contributed by atoms with Crippen molar-refractivity contribution in [3.8, 4) is 0 Å². The minimum absolute atomic E-state index is 0.234. The Morgan fingerprint density at radius 3 is 2.14 bits per heavy atom. The van der Waals surface area contributed by atoms with Crippen LogP contribution >= 0.6 is 11.8 Å². The highest BCUT2D eigenvalue weighted by Crippen LogP contribution is 2.33. The molecule has 0 aliphatic heterocycles. The summed E-state index contributed by atoms with van der Waals surface area (Å²) in [5.74, 6) is 1.15. The van der Waals surface area contributed by atoms with Gasteiger partial charge in [-0.2, -0.15) is 0 Å². The van der Waals surface area contributed by atoms with E-state index in [4.69, 9.17) is 0 Å². The first-order valence-electron chi connectivity index (χ1n) is 7.69. The summed E-state index contributed by atoms with van der Waals surface area (Å²) in [5, 5.41) is 3.40. The highest BCUT2D eigenvalue weighted by molar-refractivity contribution is 7.99. The number of rotatable bonds is 8. The van der Waals surface area contributed by atoms with Crippen molar-refractivity contribution in [2.75, 3.05) is 19.3 Å². The molecule has 0 aliphatic rings. The van der Waals surface area contributed by atoms with Gasteiger partial charge in [0.2, 0.25) is 0 Å². The molecule has 1 N–H and O–H groups in total. The van der Waals surface area contributed by atoms with Crippen molar-refractivity contribution in [1.29, 1.82) is 0 Å². The minimum atomic E-state index is 0.234. The number of nitrogens with one attached hydrogen (secondary N) is 1. The number of benzene rings is 2. The molecule has 0 bridgehead atoms. The topological polar surface area (TPSA) is 12.0 Å². The lowest BCUT2D eigenvalue weighted by molar-refractivity contribution is 0.383. The number of hydrogen-bond acceptors (Lipinski definition) is 2. The SMILES string of the molecule is CCC(CCSc1ccccc1)(CNC)c1ccccc1. The monoisotopic (exact) mass is 299 g/mol. The zero-order chi connectivity index (χ0) is 15.0. The lowest BCUT2D eigenvalue weighted by Gasteiger charge is -2.33. The summed E-state index contributed by atoms with van der Waals surface area (Å²) in [6, 6.07) is 21.6. The Hall–Kier alpha value is -1.25. The number of thioether (sulfide) groups is 1. The van der Waals surface area contributed by atoms with Gasteiger partial charge >= 0.3 is 0 Å². The van der Waals surface area contributed by atoms with Gasteiger partial charge in [0.15, 0.2) is 0 Å². The van der Waals surface area contributed by atoms with Crippen LogP contribution in [0.2, 0.25) is 0 Å². The Morgan fingerprint density at radius 1 is 0.952 bits per heavy atom. The lowest BCUT2D eigenvalue weighted by Crippen LogP contribution is -2.37. The van der Waals surface area contributed by atoms with Crippen molar-refractivity contribution < 1.29 is 0 Å². The molecule has 1 nitrogen and oxygen atoms in total. The average Bonchev–Trinajstić information content (AvgIpc) is 2.56. The van der Waals surface area contributed by atoms with Crippen LogP contribution in [0.4, 0.5) is 0 Å². The van der Waals surface area contributed by atoms with Gasteiger partial charge in [-0.3, -0.25) is 0 Å². The molecule has 112 valence electrons. The van der Waals surface area contributed by atoms with Crippen LogP contribution in [0.5, 0.6) is 0 Å². The molecule has 0 saturated heterocycles. The van der Waals surface area contributed by atoms with Crippen LogP contribution in [-0.4, -0.2) is 19.3 Å². The molecule has 2 aromatic carbocycles. The van der Waals surface area contributed by atoms with Gasteiger partial charge in [-0.25, -0.2) is 0 Å². The second-order valence-corrected chi connectivity index (χ2v) is 6.61. The molecule has 1 unspecified atom stereocenters. The van der Waals surface area contributed by atoms with Crippen molar-refractivity contribution in [2.24, 2.45) is 0 Å². The van der Waals surface area contributed by atoms with Gasteiger partial charge in [0.05, 0.1) is 0 Å². The highest BCUT2D eigenvalue weighted by atomic mass is 32.2. The molecule has 1 atom stereocenters. The molecule has 0 radical (unpaired) electrons. The van der Waals surface area contributed by atoms with Gasteiger partial charge in [0.25, 0.3) is 0 Å². The van der Waals surface area contributed by atoms with E-state index in [-0.39, 0.29) is 5.41 Å². The fourth-order valence-corrected chi connectivity index (χ4v) is 3.93. The normalized spacial score (nSPS) is 13.8. The van der Waals surface area contributed by atoms with E-state index in [1.807, 2.05) is 11.8 Å². The molecule has 0 aromatic heterocycles. The Bertz CT molecular complexity index is 512. The number of likely N-dealkylation sites (N-methyl/N-ethyl adjacent to an activating group) is 1. The van der Waals surface area contributed by atoms with Gasteiger partial charge in [0.1, 0.15) is 0 Å². The van der Waals surface area contributed by atoms with Gasteiger partial charge in [-0.15, -0.1) is 11.8 Å². The third-order valence-corrected chi connectivity index (χ3v) is 5.18.